The molecule has 2 N–H and O–H groups in total. The van der Waals surface area contributed by atoms with Crippen molar-refractivity contribution in [3.8, 4) is 5.75 Å². The Labute approximate surface area is 116 Å². The van der Waals surface area contributed by atoms with Crippen LogP contribution in [0.3, 0.4) is 0 Å². The van der Waals surface area contributed by atoms with Crippen molar-refractivity contribution < 1.29 is 4.74 Å². The lowest BCUT2D eigenvalue weighted by atomic mass is 9.90. The lowest BCUT2D eigenvalue weighted by Crippen LogP contribution is -2.46. The maximum absolute atomic E-state index is 6.37. The molecule has 0 spiro atoms. The number of benzene rings is 1. The number of nitrogens with two attached hydrogens (primary N) is 1. The number of ether oxygens (including phenoxy) is 1. The van der Waals surface area contributed by atoms with Gasteiger partial charge in [-0.3, -0.25) is 4.90 Å². The normalized spacial score (nSPS) is 24.4. The third-order valence-corrected chi connectivity index (χ3v) is 3.80. The summed E-state index contributed by atoms with van der Waals surface area (Å²) in [5.74, 6) is 0.953. The van der Waals surface area contributed by atoms with Crippen molar-refractivity contribution >= 4 is 0 Å². The van der Waals surface area contributed by atoms with Crippen LogP contribution in [0.25, 0.3) is 0 Å². The Morgan fingerprint density at radius 3 is 2.95 bits per heavy atom. The average Bonchev–Trinajstić information content (AvgIpc) is 2.40. The van der Waals surface area contributed by atoms with Crippen molar-refractivity contribution in [3.63, 3.8) is 0 Å². The summed E-state index contributed by atoms with van der Waals surface area (Å²) in [6, 6.07) is 9.01. The smallest absolute Gasteiger partial charge is 0.119 e. The van der Waals surface area contributed by atoms with Crippen LogP contribution in [0.4, 0.5) is 0 Å². The molecule has 106 valence electrons. The van der Waals surface area contributed by atoms with E-state index >= 15 is 0 Å². The first kappa shape index (κ1) is 14.4. The topological polar surface area (TPSA) is 38.5 Å². The molecule has 1 aromatic rings. The highest BCUT2D eigenvalue weighted by Gasteiger charge is 2.29. The van der Waals surface area contributed by atoms with Gasteiger partial charge in [0.2, 0.25) is 0 Å². The van der Waals surface area contributed by atoms with Gasteiger partial charge in [0.15, 0.2) is 0 Å². The zero-order valence-corrected chi connectivity index (χ0v) is 12.1. The standard InChI is InChI=1S/C16H26N2O/c1-3-10-18-11-6-9-15(17)16(18)13-7-5-8-14(12-13)19-4-2/h5,7-8,12,15-16H,3-4,6,9-11,17H2,1-2H3. The highest BCUT2D eigenvalue weighted by Crippen LogP contribution is 2.31. The van der Waals surface area contributed by atoms with Crippen LogP contribution in [0, 0.1) is 0 Å². The van der Waals surface area contributed by atoms with Gasteiger partial charge in [-0.1, -0.05) is 19.1 Å². The summed E-state index contributed by atoms with van der Waals surface area (Å²) in [7, 11) is 0. The van der Waals surface area contributed by atoms with Crippen molar-refractivity contribution in [1.29, 1.82) is 0 Å². The van der Waals surface area contributed by atoms with E-state index in [1.54, 1.807) is 0 Å². The van der Waals surface area contributed by atoms with Gasteiger partial charge in [0.1, 0.15) is 5.75 Å². The summed E-state index contributed by atoms with van der Waals surface area (Å²) in [6.07, 6.45) is 3.50. The average molecular weight is 262 g/mol. The summed E-state index contributed by atoms with van der Waals surface area (Å²) < 4.78 is 5.61. The highest BCUT2D eigenvalue weighted by molar-refractivity contribution is 5.31. The maximum atomic E-state index is 6.37. The first-order chi connectivity index (χ1) is 9.26. The summed E-state index contributed by atoms with van der Waals surface area (Å²) in [4.78, 5) is 2.53. The van der Waals surface area contributed by atoms with Gasteiger partial charge in [0.05, 0.1) is 12.6 Å². The number of nitrogens with zero attached hydrogens (tertiary/aromatic N) is 1. The van der Waals surface area contributed by atoms with Crippen LogP contribution in [0.15, 0.2) is 24.3 Å². The van der Waals surface area contributed by atoms with Gasteiger partial charge in [-0.2, -0.15) is 0 Å². The van der Waals surface area contributed by atoms with E-state index in [0.29, 0.717) is 12.6 Å². The molecule has 0 radical (unpaired) electrons. The number of hydrogen-bond donors (Lipinski definition) is 1. The minimum atomic E-state index is 0.233. The van der Waals surface area contributed by atoms with E-state index in [-0.39, 0.29) is 6.04 Å². The summed E-state index contributed by atoms with van der Waals surface area (Å²) in [5.41, 5.74) is 7.67. The molecule has 1 fully saturated rings. The van der Waals surface area contributed by atoms with E-state index in [1.165, 1.54) is 18.4 Å². The minimum absolute atomic E-state index is 0.233. The fourth-order valence-electron chi connectivity index (χ4n) is 3.05. The van der Waals surface area contributed by atoms with Crippen LogP contribution < -0.4 is 10.5 Å². The van der Waals surface area contributed by atoms with E-state index < -0.39 is 0 Å². The fraction of sp³-hybridized carbons (Fsp3) is 0.625. The molecule has 2 unspecified atom stereocenters. The van der Waals surface area contributed by atoms with Gasteiger partial charge >= 0.3 is 0 Å². The molecular formula is C16H26N2O. The lowest BCUT2D eigenvalue weighted by Gasteiger charge is -2.40. The fourth-order valence-corrected chi connectivity index (χ4v) is 3.05. The number of rotatable bonds is 5. The van der Waals surface area contributed by atoms with E-state index in [9.17, 15) is 0 Å². The lowest BCUT2D eigenvalue weighted by molar-refractivity contribution is 0.128. The second kappa shape index (κ2) is 6.92. The number of piperidine rings is 1. The van der Waals surface area contributed by atoms with Gasteiger partial charge in [-0.15, -0.1) is 0 Å². The summed E-state index contributed by atoms with van der Waals surface area (Å²) >= 11 is 0. The van der Waals surface area contributed by atoms with Crippen molar-refractivity contribution in [1.82, 2.24) is 4.90 Å². The zero-order chi connectivity index (χ0) is 13.7. The Kier molecular flexibility index (Phi) is 5.23. The Morgan fingerprint density at radius 1 is 1.37 bits per heavy atom. The van der Waals surface area contributed by atoms with Crippen LogP contribution in [-0.4, -0.2) is 30.6 Å². The second-order valence-corrected chi connectivity index (χ2v) is 5.29. The maximum Gasteiger partial charge on any atom is 0.119 e. The van der Waals surface area contributed by atoms with Crippen molar-refractivity contribution in [2.24, 2.45) is 5.73 Å². The predicted molar refractivity (Wildman–Crippen MR) is 79.4 cm³/mol. The molecule has 1 heterocycles. The van der Waals surface area contributed by atoms with E-state index in [2.05, 4.69) is 30.0 Å². The highest BCUT2D eigenvalue weighted by atomic mass is 16.5. The zero-order valence-electron chi connectivity index (χ0n) is 12.1. The van der Waals surface area contributed by atoms with Gasteiger partial charge in [-0.05, 0) is 57.0 Å². The van der Waals surface area contributed by atoms with Gasteiger partial charge < -0.3 is 10.5 Å². The largest absolute Gasteiger partial charge is 0.494 e. The summed E-state index contributed by atoms with van der Waals surface area (Å²) in [5, 5.41) is 0. The van der Waals surface area contributed by atoms with Crippen LogP contribution >= 0.6 is 0 Å². The molecule has 1 aliphatic heterocycles. The molecule has 1 saturated heterocycles. The molecule has 1 aliphatic rings. The first-order valence-electron chi connectivity index (χ1n) is 7.48. The third kappa shape index (κ3) is 3.48. The Morgan fingerprint density at radius 2 is 2.21 bits per heavy atom. The molecule has 1 aromatic carbocycles. The molecule has 3 heteroatoms. The van der Waals surface area contributed by atoms with Gasteiger partial charge in [-0.25, -0.2) is 0 Å². The van der Waals surface area contributed by atoms with E-state index in [0.717, 1.165) is 25.3 Å². The molecular weight excluding hydrogens is 236 g/mol. The molecule has 2 rings (SSSR count). The van der Waals surface area contributed by atoms with E-state index in [4.69, 9.17) is 10.5 Å². The molecule has 3 nitrogen and oxygen atoms in total. The van der Waals surface area contributed by atoms with Crippen LogP contribution in [-0.2, 0) is 0 Å². The first-order valence-corrected chi connectivity index (χ1v) is 7.48. The van der Waals surface area contributed by atoms with Gasteiger partial charge in [0, 0.05) is 6.04 Å². The van der Waals surface area contributed by atoms with Crippen LogP contribution in [0.5, 0.6) is 5.75 Å². The van der Waals surface area contributed by atoms with Crippen molar-refractivity contribution in [2.75, 3.05) is 19.7 Å². The second-order valence-electron chi connectivity index (χ2n) is 5.29. The SMILES string of the molecule is CCCN1CCCC(N)C1c1cccc(OCC)c1. The van der Waals surface area contributed by atoms with Crippen LogP contribution in [0.1, 0.15) is 44.7 Å². The Balaban J connectivity index is 2.22. The quantitative estimate of drug-likeness (QED) is 0.886. The molecule has 0 amide bonds. The third-order valence-electron chi connectivity index (χ3n) is 3.80. The van der Waals surface area contributed by atoms with Crippen molar-refractivity contribution in [3.05, 3.63) is 29.8 Å². The monoisotopic (exact) mass is 262 g/mol. The minimum Gasteiger partial charge on any atom is -0.494 e. The predicted octanol–water partition coefficient (Wildman–Crippen LogP) is 2.96. The Bertz CT molecular complexity index is 392. The van der Waals surface area contributed by atoms with Crippen molar-refractivity contribution in [2.45, 2.75) is 45.2 Å². The molecule has 0 aromatic heterocycles. The molecule has 0 aliphatic carbocycles. The van der Waals surface area contributed by atoms with E-state index in [1.807, 2.05) is 13.0 Å². The van der Waals surface area contributed by atoms with Crippen LogP contribution in [0.2, 0.25) is 0 Å². The molecule has 0 bridgehead atoms. The molecule has 2 atom stereocenters. The number of likely N-dealkylation sites (tertiary alicyclic amines) is 1. The number of hydrogen-bond acceptors (Lipinski definition) is 3. The Hall–Kier alpha value is -1.06. The summed E-state index contributed by atoms with van der Waals surface area (Å²) in [6.45, 7) is 7.23. The molecule has 0 saturated carbocycles. The molecule has 19 heavy (non-hydrogen) atoms. The van der Waals surface area contributed by atoms with Gasteiger partial charge in [0.25, 0.3) is 0 Å².